The largest absolute Gasteiger partial charge is 0.481 e. The lowest BCUT2D eigenvalue weighted by atomic mass is 9.96. The average molecular weight is 276 g/mol. The van der Waals surface area contributed by atoms with Crippen molar-refractivity contribution in [2.75, 3.05) is 6.54 Å². The van der Waals surface area contributed by atoms with Gasteiger partial charge in [-0.25, -0.2) is 8.78 Å². The Balaban J connectivity index is 2.30. The quantitative estimate of drug-likeness (QED) is 0.891. The Morgan fingerprint density at radius 3 is 2.78 bits per heavy atom. The van der Waals surface area contributed by atoms with Crippen LogP contribution in [0, 0.1) is 5.92 Å². The number of nitrogens with one attached hydrogen (secondary N) is 1. The van der Waals surface area contributed by atoms with Crippen LogP contribution < -0.4 is 5.32 Å². The summed E-state index contributed by atoms with van der Waals surface area (Å²) in [6, 6.07) is 4.19. The normalized spacial score (nSPS) is 23.6. The van der Waals surface area contributed by atoms with Crippen molar-refractivity contribution in [1.29, 1.82) is 0 Å². The molecule has 0 saturated carbocycles. The van der Waals surface area contributed by atoms with E-state index in [2.05, 4.69) is 5.32 Å². The molecule has 2 unspecified atom stereocenters. The summed E-state index contributed by atoms with van der Waals surface area (Å²) >= 11 is 5.78. The van der Waals surface area contributed by atoms with Crippen molar-refractivity contribution in [3.8, 4) is 0 Å². The highest BCUT2D eigenvalue weighted by Gasteiger charge is 2.32. The van der Waals surface area contributed by atoms with E-state index in [-0.39, 0.29) is 23.2 Å². The second-order valence-electron chi connectivity index (χ2n) is 4.28. The number of benzene rings is 1. The van der Waals surface area contributed by atoms with Gasteiger partial charge in [-0.3, -0.25) is 4.79 Å². The molecule has 0 spiro atoms. The number of rotatable bonds is 3. The molecular weight excluding hydrogens is 264 g/mol. The minimum Gasteiger partial charge on any atom is -0.481 e. The molecule has 18 heavy (non-hydrogen) atoms. The van der Waals surface area contributed by atoms with Gasteiger partial charge in [0.25, 0.3) is 6.43 Å². The molecule has 0 aliphatic carbocycles. The molecule has 1 aliphatic rings. The van der Waals surface area contributed by atoms with Crippen molar-refractivity contribution in [1.82, 2.24) is 5.32 Å². The summed E-state index contributed by atoms with van der Waals surface area (Å²) in [5, 5.41) is 11.9. The molecular formula is C12H12ClF2NO2. The van der Waals surface area contributed by atoms with Gasteiger partial charge in [0.05, 0.1) is 5.92 Å². The van der Waals surface area contributed by atoms with E-state index < -0.39 is 18.3 Å². The molecule has 1 fully saturated rings. The third kappa shape index (κ3) is 2.47. The Hall–Kier alpha value is -1.20. The minimum absolute atomic E-state index is 0.0167. The maximum Gasteiger partial charge on any atom is 0.307 e. The Morgan fingerprint density at radius 2 is 2.22 bits per heavy atom. The Morgan fingerprint density at radius 1 is 1.50 bits per heavy atom. The molecule has 0 bridgehead atoms. The number of hydrogen-bond acceptors (Lipinski definition) is 2. The highest BCUT2D eigenvalue weighted by Crippen LogP contribution is 2.37. The van der Waals surface area contributed by atoms with Crippen molar-refractivity contribution < 1.29 is 18.7 Å². The summed E-state index contributed by atoms with van der Waals surface area (Å²) in [6.07, 6.45) is -2.37. The highest BCUT2D eigenvalue weighted by molar-refractivity contribution is 6.31. The van der Waals surface area contributed by atoms with Crippen LogP contribution in [0.4, 0.5) is 8.78 Å². The van der Waals surface area contributed by atoms with Crippen LogP contribution in [0.1, 0.15) is 30.0 Å². The first-order chi connectivity index (χ1) is 8.50. The predicted octanol–water partition coefficient (Wildman–Crippen LogP) is 3.01. The third-order valence-electron chi connectivity index (χ3n) is 3.16. The summed E-state index contributed by atoms with van der Waals surface area (Å²) < 4.78 is 25.9. The van der Waals surface area contributed by atoms with Crippen molar-refractivity contribution >= 4 is 17.6 Å². The van der Waals surface area contributed by atoms with Gasteiger partial charge in [-0.2, -0.15) is 0 Å². The smallest absolute Gasteiger partial charge is 0.307 e. The van der Waals surface area contributed by atoms with Gasteiger partial charge in [-0.15, -0.1) is 0 Å². The molecule has 1 aliphatic heterocycles. The minimum atomic E-state index is -2.67. The lowest BCUT2D eigenvalue weighted by Crippen LogP contribution is -2.18. The summed E-state index contributed by atoms with van der Waals surface area (Å²) in [4.78, 5) is 10.8. The van der Waals surface area contributed by atoms with E-state index in [1.807, 2.05) is 0 Å². The van der Waals surface area contributed by atoms with E-state index in [9.17, 15) is 13.6 Å². The Bertz CT molecular complexity index is 467. The first-order valence-electron chi connectivity index (χ1n) is 5.53. The molecule has 1 aromatic rings. The fourth-order valence-corrected chi connectivity index (χ4v) is 2.51. The zero-order chi connectivity index (χ0) is 13.3. The van der Waals surface area contributed by atoms with Crippen LogP contribution in [0.25, 0.3) is 0 Å². The topological polar surface area (TPSA) is 49.3 Å². The molecule has 2 N–H and O–H groups in total. The zero-order valence-corrected chi connectivity index (χ0v) is 10.1. The van der Waals surface area contributed by atoms with Gasteiger partial charge < -0.3 is 10.4 Å². The fraction of sp³-hybridized carbons (Fsp3) is 0.417. The first kappa shape index (κ1) is 13.2. The third-order valence-corrected chi connectivity index (χ3v) is 3.49. The number of aliphatic carboxylic acids is 1. The Kier molecular flexibility index (Phi) is 3.82. The summed E-state index contributed by atoms with van der Waals surface area (Å²) in [6.45, 7) is 0.287. The second-order valence-corrected chi connectivity index (χ2v) is 4.68. The van der Waals surface area contributed by atoms with Crippen LogP contribution >= 0.6 is 11.6 Å². The van der Waals surface area contributed by atoms with E-state index in [0.717, 1.165) is 0 Å². The summed E-state index contributed by atoms with van der Waals surface area (Å²) in [7, 11) is 0. The van der Waals surface area contributed by atoms with Crippen LogP contribution in [0.5, 0.6) is 0 Å². The molecule has 98 valence electrons. The summed E-state index contributed by atoms with van der Waals surface area (Å²) in [5.74, 6) is -1.45. The number of alkyl halides is 2. The van der Waals surface area contributed by atoms with E-state index >= 15 is 0 Å². The van der Waals surface area contributed by atoms with Gasteiger partial charge in [0.15, 0.2) is 0 Å². The predicted molar refractivity (Wildman–Crippen MR) is 62.9 cm³/mol. The molecule has 1 heterocycles. The van der Waals surface area contributed by atoms with Gasteiger partial charge >= 0.3 is 5.97 Å². The zero-order valence-electron chi connectivity index (χ0n) is 9.37. The highest BCUT2D eigenvalue weighted by atomic mass is 35.5. The van der Waals surface area contributed by atoms with Gasteiger partial charge in [0.2, 0.25) is 0 Å². The van der Waals surface area contributed by atoms with Crippen LogP contribution in [0.15, 0.2) is 18.2 Å². The van der Waals surface area contributed by atoms with Gasteiger partial charge in [0, 0.05) is 23.2 Å². The number of halogens is 3. The van der Waals surface area contributed by atoms with E-state index in [1.54, 1.807) is 12.1 Å². The molecule has 6 heteroatoms. The molecule has 1 saturated heterocycles. The molecule has 0 aromatic heterocycles. The van der Waals surface area contributed by atoms with E-state index in [4.69, 9.17) is 16.7 Å². The van der Waals surface area contributed by atoms with Crippen molar-refractivity contribution in [2.24, 2.45) is 5.92 Å². The standard InChI is InChI=1S/C12H12ClF2NO2/c13-8-3-1-2-7(10(8)11(14)15)9-4-6(5-16-9)12(17)18/h1-3,6,9,11,16H,4-5H2,(H,17,18). The lowest BCUT2D eigenvalue weighted by molar-refractivity contribution is -0.141. The molecule has 2 rings (SSSR count). The van der Waals surface area contributed by atoms with Crippen LogP contribution in [0.2, 0.25) is 5.02 Å². The second kappa shape index (κ2) is 5.20. The van der Waals surface area contributed by atoms with Gasteiger partial charge in [-0.1, -0.05) is 23.7 Å². The molecule has 3 nitrogen and oxygen atoms in total. The fourth-order valence-electron chi connectivity index (χ4n) is 2.25. The van der Waals surface area contributed by atoms with Crippen LogP contribution in [0.3, 0.4) is 0 Å². The van der Waals surface area contributed by atoms with Crippen LogP contribution in [-0.2, 0) is 4.79 Å². The number of carboxylic acid groups (broad SMARTS) is 1. The van der Waals surface area contributed by atoms with Gasteiger partial charge in [-0.05, 0) is 18.1 Å². The number of carbonyl (C=O) groups is 1. The summed E-state index contributed by atoms with van der Waals surface area (Å²) in [5.41, 5.74) is 0.184. The molecule has 1 aromatic carbocycles. The lowest BCUT2D eigenvalue weighted by Gasteiger charge is -2.16. The number of carboxylic acids is 1. The molecule has 0 radical (unpaired) electrons. The van der Waals surface area contributed by atoms with Crippen molar-refractivity contribution in [3.63, 3.8) is 0 Å². The van der Waals surface area contributed by atoms with Crippen molar-refractivity contribution in [3.05, 3.63) is 34.3 Å². The van der Waals surface area contributed by atoms with Crippen molar-refractivity contribution in [2.45, 2.75) is 18.9 Å². The van der Waals surface area contributed by atoms with Gasteiger partial charge in [0.1, 0.15) is 0 Å². The maximum atomic E-state index is 13.0. The van der Waals surface area contributed by atoms with Crippen LogP contribution in [-0.4, -0.2) is 17.6 Å². The first-order valence-corrected chi connectivity index (χ1v) is 5.91. The van der Waals surface area contributed by atoms with E-state index in [1.165, 1.54) is 6.07 Å². The Labute approximate surface area is 108 Å². The van der Waals surface area contributed by atoms with E-state index in [0.29, 0.717) is 12.0 Å². The monoisotopic (exact) mass is 275 g/mol. The SMILES string of the molecule is O=C(O)C1CNC(c2cccc(Cl)c2C(F)F)C1. The number of hydrogen-bond donors (Lipinski definition) is 2. The average Bonchev–Trinajstić information content (AvgIpc) is 2.77. The molecule has 2 atom stereocenters. The molecule has 0 amide bonds. The maximum absolute atomic E-state index is 13.0.